The molecule has 1 saturated heterocycles. The van der Waals surface area contributed by atoms with E-state index in [4.69, 9.17) is 4.74 Å². The third-order valence-electron chi connectivity index (χ3n) is 8.55. The summed E-state index contributed by atoms with van der Waals surface area (Å²) in [4.78, 5) is 50.4. The Morgan fingerprint density at radius 2 is 1.53 bits per heavy atom. The summed E-state index contributed by atoms with van der Waals surface area (Å²) < 4.78 is 5.91. The van der Waals surface area contributed by atoms with Crippen LogP contribution in [-0.4, -0.2) is 63.5 Å². The molecule has 0 saturated carbocycles. The van der Waals surface area contributed by atoms with Crippen LogP contribution in [0.4, 0.5) is 0 Å². The van der Waals surface area contributed by atoms with Crippen LogP contribution in [-0.2, 0) is 21.4 Å². The predicted octanol–water partition coefficient (Wildman–Crippen LogP) is 7.26. The van der Waals surface area contributed by atoms with Crippen LogP contribution in [0.1, 0.15) is 74.5 Å². The molecule has 2 amide bonds. The van der Waals surface area contributed by atoms with Crippen molar-refractivity contribution in [1.82, 2.24) is 20.2 Å². The van der Waals surface area contributed by atoms with E-state index in [0.29, 0.717) is 22.7 Å². The van der Waals surface area contributed by atoms with Crippen molar-refractivity contribution in [1.29, 1.82) is 0 Å². The lowest BCUT2D eigenvalue weighted by molar-refractivity contribution is -0.153. The third kappa shape index (κ3) is 9.53. The summed E-state index contributed by atoms with van der Waals surface area (Å²) in [5, 5.41) is 12.2. The molecule has 5 rings (SSSR count). The van der Waals surface area contributed by atoms with Crippen LogP contribution in [0.5, 0.6) is 5.75 Å². The van der Waals surface area contributed by atoms with Crippen LogP contribution in [0.2, 0.25) is 0 Å². The summed E-state index contributed by atoms with van der Waals surface area (Å²) in [6.07, 6.45) is 5.98. The second kappa shape index (κ2) is 14.9. The van der Waals surface area contributed by atoms with E-state index in [1.165, 1.54) is 16.2 Å². The number of carboxylic acid groups (broad SMARTS) is 1. The number of hydrogen-bond donors (Lipinski definition) is 2. The number of aliphatic carboxylic acids is 1. The van der Waals surface area contributed by atoms with Crippen molar-refractivity contribution in [2.24, 2.45) is 11.3 Å². The highest BCUT2D eigenvalue weighted by Gasteiger charge is 2.39. The summed E-state index contributed by atoms with van der Waals surface area (Å²) in [5.74, 6) is -0.704. The highest BCUT2D eigenvalue weighted by molar-refractivity contribution is 7.14. The Bertz CT molecular complexity index is 1750. The van der Waals surface area contributed by atoms with Crippen LogP contribution in [0.3, 0.4) is 0 Å². The second-order valence-electron chi connectivity index (χ2n) is 15.0. The summed E-state index contributed by atoms with van der Waals surface area (Å²) >= 11 is 1.41. The van der Waals surface area contributed by atoms with Crippen molar-refractivity contribution >= 4 is 29.1 Å². The standard InChI is InChI=1S/C39H46N4O5S/c1-38(2,3)18-7-19-48-30-14-12-26(13-15-30)28-21-40-34(41-22-28)27-10-8-25(9-11-27)20-31(36(45)43-23-29(24-43)37(46)47)42-35(44)32-16-17-33(49-32)39(4,5)6/h8-17,21-22,29,31H,7,18-20,23-24H2,1-6H3,(H,42,44)(H,46,47)/t31-/m0/s1. The minimum atomic E-state index is -0.922. The fourth-order valence-corrected chi connectivity index (χ4v) is 6.48. The summed E-state index contributed by atoms with van der Waals surface area (Å²) in [6, 6.07) is 18.4. The Balaban J connectivity index is 1.23. The van der Waals surface area contributed by atoms with E-state index in [-0.39, 0.29) is 36.7 Å². The molecule has 1 aliphatic rings. The summed E-state index contributed by atoms with van der Waals surface area (Å²) in [6.45, 7) is 13.9. The average Bonchev–Trinajstić information content (AvgIpc) is 3.54. The van der Waals surface area contributed by atoms with Gasteiger partial charge in [-0.15, -0.1) is 11.3 Å². The predicted molar refractivity (Wildman–Crippen MR) is 193 cm³/mol. The van der Waals surface area contributed by atoms with Crippen molar-refractivity contribution in [2.75, 3.05) is 19.7 Å². The highest BCUT2D eigenvalue weighted by atomic mass is 32.1. The van der Waals surface area contributed by atoms with Crippen molar-refractivity contribution < 1.29 is 24.2 Å². The second-order valence-corrected chi connectivity index (χ2v) is 16.0. The number of thiophene rings is 1. The molecule has 0 spiro atoms. The first kappa shape index (κ1) is 35.7. The van der Waals surface area contributed by atoms with Gasteiger partial charge in [-0.3, -0.25) is 14.4 Å². The Hall–Kier alpha value is -4.57. The molecule has 3 heterocycles. The molecule has 2 N–H and O–H groups in total. The first-order chi connectivity index (χ1) is 23.2. The zero-order chi connectivity index (χ0) is 35.3. The topological polar surface area (TPSA) is 122 Å². The van der Waals surface area contributed by atoms with Gasteiger partial charge in [0.05, 0.1) is 17.4 Å². The minimum Gasteiger partial charge on any atom is -0.494 e. The van der Waals surface area contributed by atoms with Gasteiger partial charge in [-0.25, -0.2) is 9.97 Å². The van der Waals surface area contributed by atoms with Gasteiger partial charge in [0.15, 0.2) is 5.82 Å². The number of rotatable bonds is 12. The van der Waals surface area contributed by atoms with Gasteiger partial charge < -0.3 is 20.1 Å². The molecule has 1 fully saturated rings. The average molecular weight is 683 g/mol. The molecule has 2 aromatic heterocycles. The van der Waals surface area contributed by atoms with Gasteiger partial charge in [-0.05, 0) is 59.1 Å². The molecule has 0 bridgehead atoms. The Labute approximate surface area is 292 Å². The summed E-state index contributed by atoms with van der Waals surface area (Å²) in [5.41, 5.74) is 3.76. The number of ether oxygens (including phenoxy) is 1. The van der Waals surface area contributed by atoms with E-state index < -0.39 is 17.9 Å². The number of carboxylic acids is 1. The number of carbonyl (C=O) groups excluding carboxylic acids is 2. The molecule has 2 aromatic carbocycles. The van der Waals surface area contributed by atoms with E-state index in [9.17, 15) is 19.5 Å². The molecule has 0 unspecified atom stereocenters. The number of benzene rings is 2. The first-order valence-electron chi connectivity index (χ1n) is 16.7. The molecular weight excluding hydrogens is 637 g/mol. The molecular formula is C39H46N4O5S. The van der Waals surface area contributed by atoms with Crippen LogP contribution >= 0.6 is 11.3 Å². The van der Waals surface area contributed by atoms with Gasteiger partial charge >= 0.3 is 5.97 Å². The lowest BCUT2D eigenvalue weighted by atomic mass is 9.91. The monoisotopic (exact) mass is 682 g/mol. The van der Waals surface area contributed by atoms with Crippen LogP contribution in [0.25, 0.3) is 22.5 Å². The minimum absolute atomic E-state index is 0.0971. The Morgan fingerprint density at radius 1 is 0.898 bits per heavy atom. The number of nitrogens with one attached hydrogen (secondary N) is 1. The van der Waals surface area contributed by atoms with Crippen LogP contribution in [0.15, 0.2) is 73.1 Å². The normalized spacial score (nSPS) is 14.2. The van der Waals surface area contributed by atoms with E-state index in [0.717, 1.165) is 45.7 Å². The van der Waals surface area contributed by atoms with Gasteiger partial charge in [-0.1, -0.05) is 77.9 Å². The third-order valence-corrected chi connectivity index (χ3v) is 10.1. The van der Waals surface area contributed by atoms with Crippen LogP contribution in [0, 0.1) is 11.3 Å². The molecule has 49 heavy (non-hydrogen) atoms. The zero-order valence-electron chi connectivity index (χ0n) is 29.2. The van der Waals surface area contributed by atoms with Gasteiger partial charge in [0.25, 0.3) is 5.91 Å². The number of likely N-dealkylation sites (tertiary alicyclic amines) is 1. The number of aromatic nitrogens is 2. The smallest absolute Gasteiger partial charge is 0.310 e. The van der Waals surface area contributed by atoms with E-state index in [2.05, 4.69) is 56.8 Å². The lowest BCUT2D eigenvalue weighted by Gasteiger charge is -2.38. The quantitative estimate of drug-likeness (QED) is 0.151. The summed E-state index contributed by atoms with van der Waals surface area (Å²) in [7, 11) is 0. The van der Waals surface area contributed by atoms with Crippen molar-refractivity contribution in [3.63, 3.8) is 0 Å². The Kier molecular flexibility index (Phi) is 10.9. The van der Waals surface area contributed by atoms with Crippen molar-refractivity contribution in [3.8, 4) is 28.3 Å². The van der Waals surface area contributed by atoms with Gasteiger partial charge in [-0.2, -0.15) is 0 Å². The van der Waals surface area contributed by atoms with Crippen LogP contribution < -0.4 is 10.1 Å². The zero-order valence-corrected chi connectivity index (χ0v) is 30.0. The number of nitrogens with zero attached hydrogens (tertiary/aromatic N) is 3. The van der Waals surface area contributed by atoms with Gasteiger partial charge in [0.2, 0.25) is 5.91 Å². The molecule has 10 heteroatoms. The largest absolute Gasteiger partial charge is 0.494 e. The molecule has 0 radical (unpaired) electrons. The molecule has 4 aromatic rings. The molecule has 1 aliphatic heterocycles. The maximum Gasteiger partial charge on any atom is 0.310 e. The number of hydrogen-bond acceptors (Lipinski definition) is 7. The van der Waals surface area contributed by atoms with Gasteiger partial charge in [0, 0.05) is 47.9 Å². The number of carbonyl (C=O) groups is 3. The number of amides is 2. The molecule has 0 aliphatic carbocycles. The molecule has 9 nitrogen and oxygen atoms in total. The Morgan fingerprint density at radius 3 is 2.10 bits per heavy atom. The van der Waals surface area contributed by atoms with E-state index in [1.54, 1.807) is 18.5 Å². The highest BCUT2D eigenvalue weighted by Crippen LogP contribution is 2.30. The maximum absolute atomic E-state index is 13.5. The lowest BCUT2D eigenvalue weighted by Crippen LogP contribution is -2.59. The first-order valence-corrected chi connectivity index (χ1v) is 17.6. The van der Waals surface area contributed by atoms with Crippen molar-refractivity contribution in [3.05, 3.63) is 88.4 Å². The van der Waals surface area contributed by atoms with E-state index >= 15 is 0 Å². The SMILES string of the molecule is CC(C)(C)CCCOc1ccc(-c2cnc(-c3ccc(C[C@H](NC(=O)c4ccc(C(C)(C)C)s4)C(=O)N4CC(C(=O)O)C4)cc3)nc2)cc1. The van der Waals surface area contributed by atoms with E-state index in [1.807, 2.05) is 54.6 Å². The fraction of sp³-hybridized carbons (Fsp3) is 0.410. The maximum atomic E-state index is 13.5. The fourth-order valence-electron chi connectivity index (χ4n) is 5.52. The van der Waals surface area contributed by atoms with Gasteiger partial charge in [0.1, 0.15) is 11.8 Å². The van der Waals surface area contributed by atoms with Crippen molar-refractivity contribution in [2.45, 2.75) is 72.3 Å². The molecule has 1 atom stereocenters. The molecule has 258 valence electrons.